The molecule has 1 amide bonds. The molecular formula is C19H16F3N3O2S. The van der Waals surface area contributed by atoms with E-state index >= 15 is 0 Å². The Labute approximate surface area is 162 Å². The summed E-state index contributed by atoms with van der Waals surface area (Å²) in [6, 6.07) is 8.57. The zero-order chi connectivity index (χ0) is 19.7. The smallest absolute Gasteiger partial charge is 0.342 e. The number of thiophene rings is 1. The van der Waals surface area contributed by atoms with Crippen LogP contribution in [0.5, 0.6) is 0 Å². The Morgan fingerprint density at radius 3 is 2.68 bits per heavy atom. The first kappa shape index (κ1) is 18.7. The first-order valence-corrected chi connectivity index (χ1v) is 9.59. The van der Waals surface area contributed by atoms with Gasteiger partial charge in [0.05, 0.1) is 5.56 Å². The van der Waals surface area contributed by atoms with Gasteiger partial charge in [-0.2, -0.15) is 18.2 Å². The highest BCUT2D eigenvalue weighted by Gasteiger charge is 2.34. The minimum absolute atomic E-state index is 0.0439. The highest BCUT2D eigenvalue weighted by Crippen LogP contribution is 2.32. The summed E-state index contributed by atoms with van der Waals surface area (Å²) in [7, 11) is 0. The third-order valence-corrected chi connectivity index (χ3v) is 5.62. The van der Waals surface area contributed by atoms with Gasteiger partial charge in [-0.15, -0.1) is 11.3 Å². The van der Waals surface area contributed by atoms with Crippen LogP contribution in [-0.4, -0.2) is 34.0 Å². The monoisotopic (exact) mass is 407 g/mol. The Balaban J connectivity index is 1.42. The van der Waals surface area contributed by atoms with Gasteiger partial charge in [0.1, 0.15) is 0 Å². The van der Waals surface area contributed by atoms with E-state index in [1.807, 2.05) is 17.5 Å². The van der Waals surface area contributed by atoms with Crippen molar-refractivity contribution in [3.05, 3.63) is 58.0 Å². The van der Waals surface area contributed by atoms with Crippen molar-refractivity contribution in [3.8, 4) is 11.5 Å². The van der Waals surface area contributed by atoms with Crippen LogP contribution >= 0.6 is 11.3 Å². The lowest BCUT2D eigenvalue weighted by molar-refractivity contribution is -0.137. The van der Waals surface area contributed by atoms with Crippen molar-refractivity contribution < 1.29 is 22.5 Å². The van der Waals surface area contributed by atoms with E-state index in [1.165, 1.54) is 17.0 Å². The number of hydrogen-bond donors (Lipinski definition) is 0. The van der Waals surface area contributed by atoms with Gasteiger partial charge in [-0.3, -0.25) is 4.79 Å². The van der Waals surface area contributed by atoms with Crippen LogP contribution in [0.4, 0.5) is 13.2 Å². The van der Waals surface area contributed by atoms with Crippen LogP contribution in [0.15, 0.2) is 46.3 Å². The molecule has 0 aliphatic carbocycles. The van der Waals surface area contributed by atoms with Crippen LogP contribution in [0.3, 0.4) is 0 Å². The molecule has 0 saturated carbocycles. The van der Waals surface area contributed by atoms with Crippen LogP contribution < -0.4 is 0 Å². The molecule has 1 fully saturated rings. The number of hydrogen-bond acceptors (Lipinski definition) is 5. The Morgan fingerprint density at radius 2 is 2.00 bits per heavy atom. The van der Waals surface area contributed by atoms with Gasteiger partial charge in [0.15, 0.2) is 5.82 Å². The molecule has 1 aromatic carbocycles. The van der Waals surface area contributed by atoms with Crippen molar-refractivity contribution in [2.24, 2.45) is 0 Å². The lowest BCUT2D eigenvalue weighted by atomic mass is 10.1. The number of carbonyl (C=O) groups excluding carboxylic acids is 1. The van der Waals surface area contributed by atoms with Gasteiger partial charge < -0.3 is 9.42 Å². The van der Waals surface area contributed by atoms with Crippen LogP contribution in [0.25, 0.3) is 11.5 Å². The van der Waals surface area contributed by atoms with E-state index < -0.39 is 11.7 Å². The number of alkyl halides is 3. The molecule has 1 atom stereocenters. The van der Waals surface area contributed by atoms with E-state index in [-0.39, 0.29) is 17.7 Å². The van der Waals surface area contributed by atoms with Gasteiger partial charge in [0.2, 0.25) is 5.91 Å². The first-order valence-electron chi connectivity index (χ1n) is 8.71. The molecule has 0 radical (unpaired) electrons. The summed E-state index contributed by atoms with van der Waals surface area (Å²) in [4.78, 5) is 19.6. The van der Waals surface area contributed by atoms with Crippen LogP contribution in [-0.2, 0) is 17.4 Å². The molecular weight excluding hydrogens is 391 g/mol. The zero-order valence-electron chi connectivity index (χ0n) is 14.6. The predicted molar refractivity (Wildman–Crippen MR) is 96.7 cm³/mol. The summed E-state index contributed by atoms with van der Waals surface area (Å²) in [5, 5.41) is 5.95. The van der Waals surface area contributed by atoms with Crippen molar-refractivity contribution in [1.82, 2.24) is 15.0 Å². The average Bonchev–Trinajstić information content (AvgIpc) is 3.40. The molecule has 0 bridgehead atoms. The fourth-order valence-electron chi connectivity index (χ4n) is 3.18. The lowest BCUT2D eigenvalue weighted by Crippen LogP contribution is -2.27. The molecule has 3 heterocycles. The summed E-state index contributed by atoms with van der Waals surface area (Å²) in [6.45, 7) is 1.15. The highest BCUT2D eigenvalue weighted by molar-refractivity contribution is 7.09. The van der Waals surface area contributed by atoms with Gasteiger partial charge >= 0.3 is 6.18 Å². The second-order valence-electron chi connectivity index (χ2n) is 6.60. The third-order valence-electron chi connectivity index (χ3n) is 4.69. The van der Waals surface area contributed by atoms with Crippen molar-refractivity contribution >= 4 is 17.2 Å². The molecule has 2 aromatic heterocycles. The van der Waals surface area contributed by atoms with Crippen molar-refractivity contribution in [2.75, 3.05) is 13.1 Å². The van der Waals surface area contributed by atoms with E-state index in [4.69, 9.17) is 4.52 Å². The maximum absolute atomic E-state index is 12.7. The molecule has 28 heavy (non-hydrogen) atoms. The standard InChI is InChI=1S/C19H16F3N3O2S/c20-19(21,22)14-5-3-12(4-6-14)18-23-17(24-27-18)13-10-16(26)25(11-13)8-7-15-2-1-9-28-15/h1-6,9,13H,7-8,10-11H2. The molecule has 9 heteroatoms. The third kappa shape index (κ3) is 3.94. The van der Waals surface area contributed by atoms with E-state index in [1.54, 1.807) is 16.2 Å². The molecule has 5 nitrogen and oxygen atoms in total. The van der Waals surface area contributed by atoms with E-state index in [0.717, 1.165) is 18.6 Å². The van der Waals surface area contributed by atoms with E-state index in [2.05, 4.69) is 10.1 Å². The Kier molecular flexibility index (Phi) is 4.92. The van der Waals surface area contributed by atoms with Crippen LogP contribution in [0.2, 0.25) is 0 Å². The normalized spacial score (nSPS) is 17.5. The summed E-state index contributed by atoms with van der Waals surface area (Å²) in [5.74, 6) is 0.417. The lowest BCUT2D eigenvalue weighted by Gasteiger charge is -2.15. The number of rotatable bonds is 5. The number of carbonyl (C=O) groups is 1. The minimum atomic E-state index is -4.39. The largest absolute Gasteiger partial charge is 0.416 e. The second kappa shape index (κ2) is 7.38. The number of likely N-dealkylation sites (tertiary alicyclic amines) is 1. The number of aromatic nitrogens is 2. The average molecular weight is 407 g/mol. The summed E-state index contributed by atoms with van der Waals surface area (Å²) >= 11 is 1.66. The second-order valence-corrected chi connectivity index (χ2v) is 7.64. The topological polar surface area (TPSA) is 59.2 Å². The Bertz CT molecular complexity index is 952. The molecule has 1 aliphatic rings. The molecule has 146 valence electrons. The van der Waals surface area contributed by atoms with Crippen LogP contribution in [0.1, 0.15) is 28.6 Å². The van der Waals surface area contributed by atoms with Crippen LogP contribution in [0, 0.1) is 0 Å². The van der Waals surface area contributed by atoms with Crippen molar-refractivity contribution in [3.63, 3.8) is 0 Å². The fraction of sp³-hybridized carbons (Fsp3) is 0.316. The molecule has 1 unspecified atom stereocenters. The van der Waals surface area contributed by atoms with Gasteiger partial charge in [-0.1, -0.05) is 11.2 Å². The fourth-order valence-corrected chi connectivity index (χ4v) is 3.88. The number of nitrogens with zero attached hydrogens (tertiary/aromatic N) is 3. The number of amides is 1. The molecule has 1 saturated heterocycles. The van der Waals surface area contributed by atoms with E-state index in [9.17, 15) is 18.0 Å². The molecule has 3 aromatic rings. The maximum atomic E-state index is 12.7. The molecule has 0 spiro atoms. The minimum Gasteiger partial charge on any atom is -0.342 e. The van der Waals surface area contributed by atoms with Crippen molar-refractivity contribution in [1.29, 1.82) is 0 Å². The quantitative estimate of drug-likeness (QED) is 0.630. The Hall–Kier alpha value is -2.68. The maximum Gasteiger partial charge on any atom is 0.416 e. The van der Waals surface area contributed by atoms with Gasteiger partial charge in [0, 0.05) is 35.9 Å². The summed E-state index contributed by atoms with van der Waals surface area (Å²) < 4.78 is 43.2. The molecule has 1 aliphatic heterocycles. The number of benzene rings is 1. The van der Waals surface area contributed by atoms with Crippen molar-refractivity contribution in [2.45, 2.75) is 24.9 Å². The highest BCUT2D eigenvalue weighted by atomic mass is 32.1. The summed E-state index contributed by atoms with van der Waals surface area (Å²) in [6.07, 6.45) is -3.29. The summed E-state index contributed by atoms with van der Waals surface area (Å²) in [5.41, 5.74) is -0.329. The Morgan fingerprint density at radius 1 is 1.21 bits per heavy atom. The van der Waals surface area contributed by atoms with Gasteiger partial charge in [-0.25, -0.2) is 0 Å². The first-order chi connectivity index (χ1) is 13.4. The van der Waals surface area contributed by atoms with Gasteiger partial charge in [0.25, 0.3) is 5.89 Å². The molecule has 4 rings (SSSR count). The molecule has 0 N–H and O–H groups in total. The number of halogens is 3. The SMILES string of the molecule is O=C1CC(c2noc(-c3ccc(C(F)(F)F)cc3)n2)CN1CCc1cccs1. The van der Waals surface area contributed by atoms with Gasteiger partial charge in [-0.05, 0) is 42.1 Å². The zero-order valence-corrected chi connectivity index (χ0v) is 15.5. The van der Waals surface area contributed by atoms with E-state index in [0.29, 0.717) is 30.9 Å². The predicted octanol–water partition coefficient (Wildman–Crippen LogP) is 4.38.